The second kappa shape index (κ2) is 12.0. The van der Waals surface area contributed by atoms with Crippen LogP contribution in [0.1, 0.15) is 53.9 Å². The minimum absolute atomic E-state index is 0.00657. The maximum Gasteiger partial charge on any atom is 0.309 e. The van der Waals surface area contributed by atoms with Gasteiger partial charge >= 0.3 is 11.9 Å². The third-order valence-electron chi connectivity index (χ3n) is 5.15. The molecular formula is C23H36O7. The predicted molar refractivity (Wildman–Crippen MR) is 113 cm³/mol. The summed E-state index contributed by atoms with van der Waals surface area (Å²) < 4.78 is 10.9. The summed E-state index contributed by atoms with van der Waals surface area (Å²) in [6, 6.07) is 0. The van der Waals surface area contributed by atoms with E-state index in [9.17, 15) is 19.8 Å². The molecule has 0 saturated heterocycles. The standard InChI is InChI=1S/C23H36O7/c1-15(14-24)7-6-8-16(2)22-17(3)9-10-20(29-18(4)25)23(5,28)12-11-19(26)13-21(27)30-22/h6-10,15,17,19-20,22,24,26,28H,11-14H2,1-5H3/b7-6+,10-9+,16-8+/t15?,17-,19-,20-,22+,23-/m0/s1. The van der Waals surface area contributed by atoms with Gasteiger partial charge in [-0.15, -0.1) is 0 Å². The zero-order valence-electron chi connectivity index (χ0n) is 18.6. The Morgan fingerprint density at radius 2 is 2.07 bits per heavy atom. The van der Waals surface area contributed by atoms with Gasteiger partial charge in [-0.25, -0.2) is 0 Å². The molecule has 0 spiro atoms. The van der Waals surface area contributed by atoms with Gasteiger partial charge in [0.15, 0.2) is 0 Å². The Hall–Kier alpha value is -1.96. The SMILES string of the molecule is CC(=O)O[C@H]1/C=C/[C@H](C)[C@@H](/C(C)=C/C=C/C(C)CO)OC(=O)C[C@@H](O)CC[C@]1(C)O. The minimum Gasteiger partial charge on any atom is -0.457 e. The topological polar surface area (TPSA) is 113 Å². The summed E-state index contributed by atoms with van der Waals surface area (Å²) in [5.74, 6) is -1.32. The van der Waals surface area contributed by atoms with Crippen LogP contribution in [0.3, 0.4) is 0 Å². The molecule has 1 unspecified atom stereocenters. The molecule has 0 aromatic rings. The number of rotatable bonds is 5. The molecule has 0 aromatic heterocycles. The third kappa shape index (κ3) is 8.81. The maximum atomic E-state index is 12.4. The van der Waals surface area contributed by atoms with Gasteiger partial charge in [0.2, 0.25) is 0 Å². The molecular weight excluding hydrogens is 388 g/mol. The van der Waals surface area contributed by atoms with Crippen LogP contribution in [0.5, 0.6) is 0 Å². The number of aliphatic hydroxyl groups is 3. The van der Waals surface area contributed by atoms with E-state index in [-0.39, 0.29) is 37.7 Å². The lowest BCUT2D eigenvalue weighted by Crippen LogP contribution is -2.42. The molecule has 0 saturated carbocycles. The number of carbonyl (C=O) groups is 2. The van der Waals surface area contributed by atoms with Gasteiger partial charge < -0.3 is 24.8 Å². The van der Waals surface area contributed by atoms with Crippen molar-refractivity contribution in [3.8, 4) is 0 Å². The van der Waals surface area contributed by atoms with E-state index in [2.05, 4.69) is 0 Å². The molecule has 0 amide bonds. The predicted octanol–water partition coefficient (Wildman–Crippen LogP) is 2.45. The van der Waals surface area contributed by atoms with Crippen molar-refractivity contribution in [2.75, 3.05) is 6.61 Å². The van der Waals surface area contributed by atoms with Crippen LogP contribution in [0.25, 0.3) is 0 Å². The summed E-state index contributed by atoms with van der Waals surface area (Å²) >= 11 is 0. The molecule has 7 heteroatoms. The smallest absolute Gasteiger partial charge is 0.309 e. The first-order chi connectivity index (χ1) is 14.0. The first-order valence-electron chi connectivity index (χ1n) is 10.4. The first kappa shape index (κ1) is 26.1. The highest BCUT2D eigenvalue weighted by atomic mass is 16.6. The van der Waals surface area contributed by atoms with Crippen molar-refractivity contribution in [2.45, 2.75) is 77.8 Å². The number of allylic oxidation sites excluding steroid dienone is 2. The number of aliphatic hydroxyl groups excluding tert-OH is 2. The molecule has 0 aliphatic carbocycles. The fraction of sp³-hybridized carbons (Fsp3) is 0.652. The average Bonchev–Trinajstić information content (AvgIpc) is 2.66. The third-order valence-corrected chi connectivity index (χ3v) is 5.15. The van der Waals surface area contributed by atoms with Gasteiger partial charge in [0, 0.05) is 19.4 Å². The van der Waals surface area contributed by atoms with Gasteiger partial charge in [-0.3, -0.25) is 9.59 Å². The Balaban J connectivity index is 3.22. The molecule has 6 atom stereocenters. The van der Waals surface area contributed by atoms with Crippen molar-refractivity contribution >= 4 is 11.9 Å². The van der Waals surface area contributed by atoms with Crippen molar-refractivity contribution in [3.63, 3.8) is 0 Å². The highest BCUT2D eigenvalue weighted by molar-refractivity contribution is 5.70. The Bertz CT molecular complexity index is 662. The van der Waals surface area contributed by atoms with Gasteiger partial charge in [-0.1, -0.05) is 38.2 Å². The first-order valence-corrected chi connectivity index (χ1v) is 10.4. The van der Waals surface area contributed by atoms with Crippen LogP contribution in [-0.4, -0.2) is 57.8 Å². The average molecular weight is 425 g/mol. The lowest BCUT2D eigenvalue weighted by Gasteiger charge is -2.32. The largest absolute Gasteiger partial charge is 0.457 e. The summed E-state index contributed by atoms with van der Waals surface area (Å²) in [5.41, 5.74) is -0.612. The zero-order valence-corrected chi connectivity index (χ0v) is 18.6. The normalized spacial score (nSPS) is 33.9. The van der Waals surface area contributed by atoms with E-state index in [0.717, 1.165) is 5.57 Å². The summed E-state index contributed by atoms with van der Waals surface area (Å²) in [6.45, 7) is 8.42. The van der Waals surface area contributed by atoms with Gasteiger partial charge in [0.25, 0.3) is 0 Å². The highest BCUT2D eigenvalue weighted by Crippen LogP contribution is 2.26. The van der Waals surface area contributed by atoms with Crippen LogP contribution in [0.2, 0.25) is 0 Å². The molecule has 0 aromatic carbocycles. The number of hydrogen-bond acceptors (Lipinski definition) is 7. The van der Waals surface area contributed by atoms with Crippen LogP contribution < -0.4 is 0 Å². The van der Waals surface area contributed by atoms with Crippen molar-refractivity contribution in [2.24, 2.45) is 11.8 Å². The Kier molecular flexibility index (Phi) is 10.5. The van der Waals surface area contributed by atoms with E-state index in [0.29, 0.717) is 0 Å². The molecule has 0 fully saturated rings. The molecule has 0 bridgehead atoms. The number of cyclic esters (lactones) is 1. The van der Waals surface area contributed by atoms with E-state index in [4.69, 9.17) is 14.6 Å². The molecule has 1 heterocycles. The van der Waals surface area contributed by atoms with Crippen LogP contribution >= 0.6 is 0 Å². The summed E-state index contributed by atoms with van der Waals surface area (Å²) in [6.07, 6.45) is 6.48. The second-order valence-corrected chi connectivity index (χ2v) is 8.39. The Labute approximate surface area is 179 Å². The minimum atomic E-state index is -1.39. The van der Waals surface area contributed by atoms with Crippen molar-refractivity contribution in [1.82, 2.24) is 0 Å². The number of esters is 2. The second-order valence-electron chi connectivity index (χ2n) is 8.39. The van der Waals surface area contributed by atoms with E-state index in [1.807, 2.05) is 32.9 Å². The molecule has 30 heavy (non-hydrogen) atoms. The molecule has 1 rings (SSSR count). The molecule has 1 aliphatic heterocycles. The van der Waals surface area contributed by atoms with E-state index < -0.39 is 35.9 Å². The molecule has 0 radical (unpaired) electrons. The Morgan fingerprint density at radius 3 is 2.67 bits per heavy atom. The zero-order chi connectivity index (χ0) is 22.9. The van der Waals surface area contributed by atoms with Crippen LogP contribution in [0.15, 0.2) is 36.0 Å². The summed E-state index contributed by atoms with van der Waals surface area (Å²) in [4.78, 5) is 23.9. The van der Waals surface area contributed by atoms with Gasteiger partial charge in [-0.2, -0.15) is 0 Å². The quantitative estimate of drug-likeness (QED) is 0.353. The fourth-order valence-electron chi connectivity index (χ4n) is 3.18. The van der Waals surface area contributed by atoms with Crippen molar-refractivity contribution in [1.29, 1.82) is 0 Å². The van der Waals surface area contributed by atoms with Crippen LogP contribution in [0, 0.1) is 11.8 Å². The molecule has 7 nitrogen and oxygen atoms in total. The van der Waals surface area contributed by atoms with Crippen molar-refractivity contribution in [3.05, 3.63) is 36.0 Å². The van der Waals surface area contributed by atoms with E-state index in [1.54, 1.807) is 25.2 Å². The Morgan fingerprint density at radius 1 is 1.40 bits per heavy atom. The molecule has 3 N–H and O–H groups in total. The summed E-state index contributed by atoms with van der Waals surface area (Å²) in [5, 5.41) is 30.1. The van der Waals surface area contributed by atoms with Gasteiger partial charge in [0.05, 0.1) is 12.5 Å². The van der Waals surface area contributed by atoms with Crippen LogP contribution in [0.4, 0.5) is 0 Å². The van der Waals surface area contributed by atoms with Gasteiger partial charge in [0.1, 0.15) is 17.8 Å². The number of hydrogen-bond donors (Lipinski definition) is 3. The lowest BCUT2D eigenvalue weighted by molar-refractivity contribution is -0.157. The van der Waals surface area contributed by atoms with Gasteiger partial charge in [-0.05, 0) is 44.3 Å². The fourth-order valence-corrected chi connectivity index (χ4v) is 3.18. The van der Waals surface area contributed by atoms with E-state index in [1.165, 1.54) is 6.92 Å². The van der Waals surface area contributed by atoms with Crippen molar-refractivity contribution < 1.29 is 34.4 Å². The number of carbonyl (C=O) groups excluding carboxylic acids is 2. The molecule has 170 valence electrons. The lowest BCUT2D eigenvalue weighted by atomic mass is 9.88. The maximum absolute atomic E-state index is 12.4. The van der Waals surface area contributed by atoms with Crippen LogP contribution in [-0.2, 0) is 19.1 Å². The number of ether oxygens (including phenoxy) is 2. The monoisotopic (exact) mass is 424 g/mol. The van der Waals surface area contributed by atoms with E-state index >= 15 is 0 Å². The molecule has 1 aliphatic rings. The highest BCUT2D eigenvalue weighted by Gasteiger charge is 2.34. The summed E-state index contributed by atoms with van der Waals surface area (Å²) in [7, 11) is 0.